The van der Waals surface area contributed by atoms with E-state index in [0.717, 1.165) is 57.4 Å². The highest BCUT2D eigenvalue weighted by atomic mass is 35.5. The normalized spacial score (nSPS) is 21.0. The molecule has 2 fully saturated rings. The predicted octanol–water partition coefficient (Wildman–Crippen LogP) is 3.10. The van der Waals surface area contributed by atoms with E-state index in [-0.39, 0.29) is 36.2 Å². The van der Waals surface area contributed by atoms with Crippen LogP contribution in [0, 0.1) is 5.92 Å². The van der Waals surface area contributed by atoms with Crippen molar-refractivity contribution in [3.63, 3.8) is 0 Å². The van der Waals surface area contributed by atoms with Gasteiger partial charge in [0, 0.05) is 25.6 Å². The number of piperidine rings is 1. The van der Waals surface area contributed by atoms with Crippen LogP contribution in [0.3, 0.4) is 0 Å². The van der Waals surface area contributed by atoms with Gasteiger partial charge in [-0.05, 0) is 56.7 Å². The van der Waals surface area contributed by atoms with Crippen LogP contribution in [0.15, 0.2) is 30.3 Å². The maximum atomic E-state index is 12.9. The second kappa shape index (κ2) is 11.4. The fourth-order valence-electron chi connectivity index (χ4n) is 4.30. The summed E-state index contributed by atoms with van der Waals surface area (Å²) in [4.78, 5) is 27.1. The Labute approximate surface area is 175 Å². The van der Waals surface area contributed by atoms with Crippen LogP contribution in [0.1, 0.15) is 56.9 Å². The van der Waals surface area contributed by atoms with Gasteiger partial charge in [-0.15, -0.1) is 12.4 Å². The first-order chi connectivity index (χ1) is 13.2. The topological polar surface area (TPSA) is 61.4 Å². The van der Waals surface area contributed by atoms with E-state index in [1.165, 1.54) is 6.42 Å². The zero-order valence-electron chi connectivity index (χ0n) is 16.9. The Morgan fingerprint density at radius 1 is 1.18 bits per heavy atom. The third kappa shape index (κ3) is 6.21. The van der Waals surface area contributed by atoms with Crippen molar-refractivity contribution < 1.29 is 9.59 Å². The Balaban J connectivity index is 0.00000280. The SMILES string of the molecule is CCC(C(=O)N1CCC(NC(=O)CCC2CCNC2)CC1)c1ccccc1.Cl. The lowest BCUT2D eigenvalue weighted by Gasteiger charge is -2.34. The van der Waals surface area contributed by atoms with Gasteiger partial charge in [0.25, 0.3) is 0 Å². The lowest BCUT2D eigenvalue weighted by atomic mass is 9.93. The van der Waals surface area contributed by atoms with Crippen LogP contribution in [0.4, 0.5) is 0 Å². The molecule has 2 N–H and O–H groups in total. The number of hydrogen-bond donors (Lipinski definition) is 2. The Hall–Kier alpha value is -1.59. The molecule has 6 heteroatoms. The molecule has 1 aromatic rings. The number of rotatable bonds is 7. The second-order valence-corrected chi connectivity index (χ2v) is 7.94. The number of amides is 2. The first-order valence-electron chi connectivity index (χ1n) is 10.5. The molecule has 1 aromatic carbocycles. The van der Waals surface area contributed by atoms with Gasteiger partial charge in [-0.25, -0.2) is 0 Å². The molecular weight excluding hydrogens is 374 g/mol. The van der Waals surface area contributed by atoms with Crippen LogP contribution in [-0.2, 0) is 9.59 Å². The van der Waals surface area contributed by atoms with Gasteiger partial charge in [-0.1, -0.05) is 37.3 Å². The Morgan fingerprint density at radius 3 is 2.50 bits per heavy atom. The molecule has 2 aliphatic heterocycles. The Bertz CT molecular complexity index is 611. The standard InChI is InChI=1S/C22H33N3O2.ClH/c1-2-20(18-6-4-3-5-7-18)22(27)25-14-11-19(12-15-25)24-21(26)9-8-17-10-13-23-16-17;/h3-7,17,19-20,23H,2,8-16H2,1H3,(H,24,26);1H. The average molecular weight is 408 g/mol. The number of hydrogen-bond acceptors (Lipinski definition) is 3. The van der Waals surface area contributed by atoms with Crippen molar-refractivity contribution in [2.75, 3.05) is 26.2 Å². The monoisotopic (exact) mass is 407 g/mol. The minimum absolute atomic E-state index is 0. The van der Waals surface area contributed by atoms with Gasteiger partial charge < -0.3 is 15.5 Å². The number of likely N-dealkylation sites (tertiary alicyclic amines) is 1. The molecule has 156 valence electrons. The summed E-state index contributed by atoms with van der Waals surface area (Å²) in [5, 5.41) is 6.53. The van der Waals surface area contributed by atoms with Crippen molar-refractivity contribution >= 4 is 24.2 Å². The molecule has 2 heterocycles. The van der Waals surface area contributed by atoms with E-state index in [4.69, 9.17) is 0 Å². The molecule has 2 saturated heterocycles. The Morgan fingerprint density at radius 2 is 1.89 bits per heavy atom. The molecule has 0 radical (unpaired) electrons. The summed E-state index contributed by atoms with van der Waals surface area (Å²) in [7, 11) is 0. The molecule has 2 aliphatic rings. The van der Waals surface area contributed by atoms with Crippen LogP contribution in [0.2, 0.25) is 0 Å². The van der Waals surface area contributed by atoms with Crippen molar-refractivity contribution in [2.24, 2.45) is 5.92 Å². The first-order valence-corrected chi connectivity index (χ1v) is 10.5. The number of nitrogens with zero attached hydrogens (tertiary/aromatic N) is 1. The van der Waals surface area contributed by atoms with E-state index in [0.29, 0.717) is 12.3 Å². The molecule has 0 spiro atoms. The van der Waals surface area contributed by atoms with Gasteiger partial charge in [0.1, 0.15) is 0 Å². The van der Waals surface area contributed by atoms with E-state index in [1.807, 2.05) is 35.2 Å². The van der Waals surface area contributed by atoms with Crippen LogP contribution >= 0.6 is 12.4 Å². The lowest BCUT2D eigenvalue weighted by Crippen LogP contribution is -2.47. The van der Waals surface area contributed by atoms with Gasteiger partial charge in [0.2, 0.25) is 11.8 Å². The zero-order chi connectivity index (χ0) is 19.1. The lowest BCUT2D eigenvalue weighted by molar-refractivity contribution is -0.134. The Kier molecular flexibility index (Phi) is 9.26. The van der Waals surface area contributed by atoms with Gasteiger partial charge in [0.05, 0.1) is 5.92 Å². The number of carbonyl (C=O) groups excluding carboxylic acids is 2. The number of halogens is 1. The molecule has 2 unspecified atom stereocenters. The molecule has 0 aliphatic carbocycles. The van der Waals surface area contributed by atoms with Gasteiger partial charge in [-0.3, -0.25) is 9.59 Å². The van der Waals surface area contributed by atoms with Crippen LogP contribution < -0.4 is 10.6 Å². The van der Waals surface area contributed by atoms with Crippen molar-refractivity contribution in [3.8, 4) is 0 Å². The smallest absolute Gasteiger partial charge is 0.230 e. The fourth-order valence-corrected chi connectivity index (χ4v) is 4.30. The number of carbonyl (C=O) groups is 2. The maximum Gasteiger partial charge on any atom is 0.230 e. The summed E-state index contributed by atoms with van der Waals surface area (Å²) in [6, 6.07) is 10.3. The van der Waals surface area contributed by atoms with Gasteiger partial charge >= 0.3 is 0 Å². The number of benzene rings is 1. The summed E-state index contributed by atoms with van der Waals surface area (Å²) in [6.45, 7) is 5.68. The van der Waals surface area contributed by atoms with E-state index in [9.17, 15) is 9.59 Å². The summed E-state index contributed by atoms with van der Waals surface area (Å²) in [6.07, 6.45) is 5.31. The highest BCUT2D eigenvalue weighted by molar-refractivity contribution is 5.85. The molecule has 3 rings (SSSR count). The number of nitrogens with one attached hydrogen (secondary N) is 2. The zero-order valence-corrected chi connectivity index (χ0v) is 17.7. The summed E-state index contributed by atoms with van der Waals surface area (Å²) in [5.74, 6) is 0.987. The van der Waals surface area contributed by atoms with Crippen molar-refractivity contribution in [1.29, 1.82) is 0 Å². The van der Waals surface area contributed by atoms with Gasteiger partial charge in [-0.2, -0.15) is 0 Å². The maximum absolute atomic E-state index is 12.9. The second-order valence-electron chi connectivity index (χ2n) is 7.94. The third-order valence-electron chi connectivity index (χ3n) is 6.02. The van der Waals surface area contributed by atoms with Gasteiger partial charge in [0.15, 0.2) is 0 Å². The molecule has 2 atom stereocenters. The van der Waals surface area contributed by atoms with Crippen LogP contribution in [0.25, 0.3) is 0 Å². The molecular formula is C22H34ClN3O2. The summed E-state index contributed by atoms with van der Waals surface area (Å²) >= 11 is 0. The molecule has 0 bridgehead atoms. The molecule has 2 amide bonds. The summed E-state index contributed by atoms with van der Waals surface area (Å²) < 4.78 is 0. The predicted molar refractivity (Wildman–Crippen MR) is 115 cm³/mol. The quantitative estimate of drug-likeness (QED) is 0.730. The minimum atomic E-state index is -0.0580. The summed E-state index contributed by atoms with van der Waals surface area (Å²) in [5.41, 5.74) is 1.10. The highest BCUT2D eigenvalue weighted by Crippen LogP contribution is 2.24. The molecule has 5 nitrogen and oxygen atoms in total. The molecule has 28 heavy (non-hydrogen) atoms. The average Bonchev–Trinajstić information content (AvgIpc) is 3.22. The third-order valence-corrected chi connectivity index (χ3v) is 6.02. The van der Waals surface area contributed by atoms with Crippen molar-refractivity contribution in [1.82, 2.24) is 15.5 Å². The van der Waals surface area contributed by atoms with Crippen LogP contribution in [-0.4, -0.2) is 48.9 Å². The van der Waals surface area contributed by atoms with E-state index >= 15 is 0 Å². The largest absolute Gasteiger partial charge is 0.353 e. The molecule has 0 saturated carbocycles. The van der Waals surface area contributed by atoms with Crippen molar-refractivity contribution in [3.05, 3.63) is 35.9 Å². The van der Waals surface area contributed by atoms with Crippen LogP contribution in [0.5, 0.6) is 0 Å². The fraction of sp³-hybridized carbons (Fsp3) is 0.636. The highest BCUT2D eigenvalue weighted by Gasteiger charge is 2.28. The van der Waals surface area contributed by atoms with E-state index in [1.54, 1.807) is 0 Å². The van der Waals surface area contributed by atoms with Crippen molar-refractivity contribution in [2.45, 2.75) is 57.4 Å². The first kappa shape index (κ1) is 22.7. The molecule has 0 aromatic heterocycles. The minimum Gasteiger partial charge on any atom is -0.353 e. The van der Waals surface area contributed by atoms with E-state index in [2.05, 4.69) is 17.6 Å². The van der Waals surface area contributed by atoms with E-state index < -0.39 is 0 Å².